The molecule has 66 valence electrons. The van der Waals surface area contributed by atoms with Crippen molar-refractivity contribution in [2.75, 3.05) is 6.54 Å². The lowest BCUT2D eigenvalue weighted by molar-refractivity contribution is 0.679. The standard InChI is InChI=1S/C9H13ClN2/c10-8-3-1-2-7(4-8)5-9(12)6-11/h1-4,9H,5-6,11-12H2. The van der Waals surface area contributed by atoms with Gasteiger partial charge in [0.15, 0.2) is 0 Å². The quantitative estimate of drug-likeness (QED) is 0.741. The molecule has 0 aromatic heterocycles. The second-order valence-corrected chi connectivity index (χ2v) is 3.27. The van der Waals surface area contributed by atoms with Gasteiger partial charge in [-0.05, 0) is 24.1 Å². The van der Waals surface area contributed by atoms with Gasteiger partial charge in [-0.25, -0.2) is 0 Å². The lowest BCUT2D eigenvalue weighted by atomic mass is 10.1. The molecule has 3 heteroatoms. The number of halogens is 1. The topological polar surface area (TPSA) is 52.0 Å². The third kappa shape index (κ3) is 2.81. The number of benzene rings is 1. The maximum absolute atomic E-state index is 5.80. The van der Waals surface area contributed by atoms with E-state index in [1.807, 2.05) is 24.3 Å². The SMILES string of the molecule is NCC(N)Cc1cccc(Cl)c1. The molecule has 1 aromatic rings. The molecule has 0 aliphatic heterocycles. The van der Waals surface area contributed by atoms with Crippen LogP contribution in [-0.2, 0) is 6.42 Å². The van der Waals surface area contributed by atoms with Crippen molar-refractivity contribution in [3.8, 4) is 0 Å². The van der Waals surface area contributed by atoms with E-state index in [1.54, 1.807) is 0 Å². The largest absolute Gasteiger partial charge is 0.329 e. The maximum atomic E-state index is 5.80. The van der Waals surface area contributed by atoms with Crippen LogP contribution in [0.3, 0.4) is 0 Å². The van der Waals surface area contributed by atoms with E-state index in [0.29, 0.717) is 6.54 Å². The van der Waals surface area contributed by atoms with Crippen molar-refractivity contribution in [1.29, 1.82) is 0 Å². The summed E-state index contributed by atoms with van der Waals surface area (Å²) in [6, 6.07) is 7.71. The van der Waals surface area contributed by atoms with Crippen molar-refractivity contribution in [2.24, 2.45) is 11.5 Å². The lowest BCUT2D eigenvalue weighted by Gasteiger charge is -2.07. The molecular formula is C9H13ClN2. The van der Waals surface area contributed by atoms with Crippen molar-refractivity contribution in [3.05, 3.63) is 34.9 Å². The molecule has 0 radical (unpaired) electrons. The van der Waals surface area contributed by atoms with Crippen LogP contribution in [0.1, 0.15) is 5.56 Å². The first kappa shape index (κ1) is 9.52. The van der Waals surface area contributed by atoms with Crippen molar-refractivity contribution in [1.82, 2.24) is 0 Å². The maximum Gasteiger partial charge on any atom is 0.0408 e. The molecule has 12 heavy (non-hydrogen) atoms. The molecule has 1 atom stereocenters. The first-order chi connectivity index (χ1) is 5.72. The first-order valence-corrected chi connectivity index (χ1v) is 4.30. The Kier molecular flexibility index (Phi) is 3.53. The van der Waals surface area contributed by atoms with Crippen molar-refractivity contribution in [2.45, 2.75) is 12.5 Å². The van der Waals surface area contributed by atoms with Gasteiger partial charge in [-0.3, -0.25) is 0 Å². The number of nitrogens with two attached hydrogens (primary N) is 2. The van der Waals surface area contributed by atoms with Gasteiger partial charge < -0.3 is 11.5 Å². The third-order valence-electron chi connectivity index (χ3n) is 1.69. The summed E-state index contributed by atoms with van der Waals surface area (Å²) in [5.74, 6) is 0. The van der Waals surface area contributed by atoms with Gasteiger partial charge in [0.25, 0.3) is 0 Å². The number of hydrogen-bond acceptors (Lipinski definition) is 2. The molecule has 0 saturated heterocycles. The monoisotopic (exact) mass is 184 g/mol. The predicted molar refractivity (Wildman–Crippen MR) is 52.2 cm³/mol. The van der Waals surface area contributed by atoms with Gasteiger partial charge in [0.05, 0.1) is 0 Å². The van der Waals surface area contributed by atoms with Gasteiger partial charge >= 0.3 is 0 Å². The second-order valence-electron chi connectivity index (χ2n) is 2.83. The van der Waals surface area contributed by atoms with E-state index in [9.17, 15) is 0 Å². The summed E-state index contributed by atoms with van der Waals surface area (Å²) in [4.78, 5) is 0. The van der Waals surface area contributed by atoms with Gasteiger partial charge in [0, 0.05) is 17.6 Å². The lowest BCUT2D eigenvalue weighted by Crippen LogP contribution is -2.31. The van der Waals surface area contributed by atoms with Gasteiger partial charge in [0.2, 0.25) is 0 Å². The van der Waals surface area contributed by atoms with E-state index >= 15 is 0 Å². The van der Waals surface area contributed by atoms with Crippen LogP contribution in [-0.4, -0.2) is 12.6 Å². The van der Waals surface area contributed by atoms with E-state index in [4.69, 9.17) is 23.1 Å². The average Bonchev–Trinajstić information content (AvgIpc) is 2.04. The summed E-state index contributed by atoms with van der Waals surface area (Å²) in [5.41, 5.74) is 12.2. The van der Waals surface area contributed by atoms with Crippen LogP contribution in [0.15, 0.2) is 24.3 Å². The first-order valence-electron chi connectivity index (χ1n) is 3.92. The van der Waals surface area contributed by atoms with E-state index in [-0.39, 0.29) is 6.04 Å². The Morgan fingerprint density at radius 2 is 2.17 bits per heavy atom. The van der Waals surface area contributed by atoms with Crippen molar-refractivity contribution >= 4 is 11.6 Å². The molecular weight excluding hydrogens is 172 g/mol. The highest BCUT2D eigenvalue weighted by Gasteiger charge is 2.01. The highest BCUT2D eigenvalue weighted by Crippen LogP contribution is 2.11. The Bertz CT molecular complexity index is 250. The number of rotatable bonds is 3. The summed E-state index contributed by atoms with van der Waals surface area (Å²) in [6.07, 6.45) is 0.789. The Balaban J connectivity index is 2.63. The Labute approximate surface area is 77.5 Å². The molecule has 0 fully saturated rings. The number of hydrogen-bond donors (Lipinski definition) is 2. The van der Waals surface area contributed by atoms with Gasteiger partial charge in [-0.15, -0.1) is 0 Å². The summed E-state index contributed by atoms with van der Waals surface area (Å²) in [7, 11) is 0. The van der Waals surface area contributed by atoms with Crippen molar-refractivity contribution < 1.29 is 0 Å². The fourth-order valence-corrected chi connectivity index (χ4v) is 1.26. The molecule has 0 bridgehead atoms. The van der Waals surface area contributed by atoms with Crippen LogP contribution in [0.25, 0.3) is 0 Å². The Morgan fingerprint density at radius 3 is 2.75 bits per heavy atom. The van der Waals surface area contributed by atoms with Crippen LogP contribution >= 0.6 is 11.6 Å². The molecule has 2 nitrogen and oxygen atoms in total. The molecule has 1 unspecified atom stereocenters. The summed E-state index contributed by atoms with van der Waals surface area (Å²) < 4.78 is 0. The molecule has 1 rings (SSSR count). The molecule has 0 heterocycles. The highest BCUT2D eigenvalue weighted by atomic mass is 35.5. The minimum atomic E-state index is 0.0310. The summed E-state index contributed by atoms with van der Waals surface area (Å²) >= 11 is 5.80. The molecule has 0 saturated carbocycles. The van der Waals surface area contributed by atoms with Crippen molar-refractivity contribution in [3.63, 3.8) is 0 Å². The van der Waals surface area contributed by atoms with E-state index in [2.05, 4.69) is 0 Å². The highest BCUT2D eigenvalue weighted by molar-refractivity contribution is 6.30. The summed E-state index contributed by atoms with van der Waals surface area (Å²) in [6.45, 7) is 0.506. The minimum Gasteiger partial charge on any atom is -0.329 e. The third-order valence-corrected chi connectivity index (χ3v) is 1.92. The Morgan fingerprint density at radius 1 is 1.42 bits per heavy atom. The van der Waals surface area contributed by atoms with E-state index in [0.717, 1.165) is 17.0 Å². The van der Waals surface area contributed by atoms with E-state index < -0.39 is 0 Å². The zero-order valence-electron chi connectivity index (χ0n) is 6.83. The minimum absolute atomic E-state index is 0.0310. The fourth-order valence-electron chi connectivity index (χ4n) is 1.05. The molecule has 0 amide bonds. The predicted octanol–water partition coefficient (Wildman–Crippen LogP) is 1.17. The van der Waals surface area contributed by atoms with Crippen LogP contribution in [0.5, 0.6) is 0 Å². The summed E-state index contributed by atoms with van der Waals surface area (Å²) in [5, 5.41) is 0.747. The van der Waals surface area contributed by atoms with Crippen LogP contribution in [0.4, 0.5) is 0 Å². The zero-order chi connectivity index (χ0) is 8.97. The smallest absolute Gasteiger partial charge is 0.0408 e. The molecule has 4 N–H and O–H groups in total. The normalized spacial score (nSPS) is 12.9. The van der Waals surface area contributed by atoms with Gasteiger partial charge in [-0.2, -0.15) is 0 Å². The zero-order valence-corrected chi connectivity index (χ0v) is 7.59. The second kappa shape index (κ2) is 4.45. The molecule has 1 aromatic carbocycles. The average molecular weight is 185 g/mol. The molecule has 0 aliphatic carbocycles. The van der Waals surface area contributed by atoms with Crippen LogP contribution in [0, 0.1) is 0 Å². The molecule has 0 aliphatic rings. The molecule has 0 spiro atoms. The van der Waals surface area contributed by atoms with Gasteiger partial charge in [0.1, 0.15) is 0 Å². The Hall–Kier alpha value is -0.570. The van der Waals surface area contributed by atoms with Crippen LogP contribution < -0.4 is 11.5 Å². The fraction of sp³-hybridized carbons (Fsp3) is 0.333. The van der Waals surface area contributed by atoms with Gasteiger partial charge in [-0.1, -0.05) is 23.7 Å². The van der Waals surface area contributed by atoms with E-state index in [1.165, 1.54) is 0 Å². The van der Waals surface area contributed by atoms with Crippen LogP contribution in [0.2, 0.25) is 5.02 Å².